The number of benzene rings is 1. The summed E-state index contributed by atoms with van der Waals surface area (Å²) in [6.45, 7) is 4.78. The Hall–Kier alpha value is -0.570. The normalized spacial score (nSPS) is 29.3. The molecule has 104 valence electrons. The van der Waals surface area contributed by atoms with E-state index in [0.29, 0.717) is 0 Å². The molecule has 1 aliphatic carbocycles. The van der Waals surface area contributed by atoms with Crippen LogP contribution < -0.4 is 5.32 Å². The zero-order chi connectivity index (χ0) is 13.1. The van der Waals surface area contributed by atoms with Crippen LogP contribution in [0.5, 0.6) is 0 Å². The summed E-state index contributed by atoms with van der Waals surface area (Å²) in [4.78, 5) is 2.69. The highest BCUT2D eigenvalue weighted by Gasteiger charge is 2.27. The number of nitrogens with zero attached hydrogens (tertiary/aromatic N) is 1. The van der Waals surface area contributed by atoms with Gasteiger partial charge in [0.15, 0.2) is 0 Å². The van der Waals surface area contributed by atoms with Gasteiger partial charge in [-0.1, -0.05) is 23.7 Å². The van der Waals surface area contributed by atoms with Crippen molar-refractivity contribution in [3.63, 3.8) is 0 Å². The number of halogens is 1. The van der Waals surface area contributed by atoms with Crippen LogP contribution in [0.3, 0.4) is 0 Å². The molecule has 1 saturated carbocycles. The SMILES string of the molecule is Clc1cccc(C2CCC(N3CCNCC3)CC2)c1. The van der Waals surface area contributed by atoms with E-state index in [2.05, 4.69) is 28.4 Å². The van der Waals surface area contributed by atoms with E-state index >= 15 is 0 Å². The van der Waals surface area contributed by atoms with Crippen molar-refractivity contribution in [1.29, 1.82) is 0 Å². The van der Waals surface area contributed by atoms with Crippen molar-refractivity contribution in [2.24, 2.45) is 0 Å². The van der Waals surface area contributed by atoms with Gasteiger partial charge in [-0.25, -0.2) is 0 Å². The van der Waals surface area contributed by atoms with Gasteiger partial charge in [0.25, 0.3) is 0 Å². The van der Waals surface area contributed by atoms with Crippen molar-refractivity contribution < 1.29 is 0 Å². The predicted octanol–water partition coefficient (Wildman–Crippen LogP) is 3.27. The van der Waals surface area contributed by atoms with Gasteiger partial charge in [0.1, 0.15) is 0 Å². The van der Waals surface area contributed by atoms with Gasteiger partial charge in [-0.15, -0.1) is 0 Å². The molecule has 0 unspecified atom stereocenters. The van der Waals surface area contributed by atoms with Crippen LogP contribution in [0.25, 0.3) is 0 Å². The zero-order valence-electron chi connectivity index (χ0n) is 11.4. The van der Waals surface area contributed by atoms with Gasteiger partial charge in [0.2, 0.25) is 0 Å². The topological polar surface area (TPSA) is 15.3 Å². The van der Waals surface area contributed by atoms with Gasteiger partial charge in [0.05, 0.1) is 0 Å². The minimum Gasteiger partial charge on any atom is -0.314 e. The van der Waals surface area contributed by atoms with E-state index in [0.717, 1.165) is 30.1 Å². The minimum absolute atomic E-state index is 0.720. The third-order valence-corrected chi connectivity index (χ3v) is 4.92. The highest BCUT2D eigenvalue weighted by Crippen LogP contribution is 2.35. The lowest BCUT2D eigenvalue weighted by atomic mass is 9.81. The molecule has 2 nitrogen and oxygen atoms in total. The molecule has 0 spiro atoms. The van der Waals surface area contributed by atoms with Gasteiger partial charge in [-0.2, -0.15) is 0 Å². The first kappa shape index (κ1) is 13.4. The number of hydrogen-bond acceptors (Lipinski definition) is 2. The highest BCUT2D eigenvalue weighted by atomic mass is 35.5. The number of hydrogen-bond donors (Lipinski definition) is 1. The Morgan fingerprint density at radius 3 is 2.47 bits per heavy atom. The Bertz CT molecular complexity index is 407. The van der Waals surface area contributed by atoms with Crippen LogP contribution in [0.15, 0.2) is 24.3 Å². The third kappa shape index (κ3) is 3.31. The lowest BCUT2D eigenvalue weighted by Crippen LogP contribution is -2.49. The van der Waals surface area contributed by atoms with E-state index in [-0.39, 0.29) is 0 Å². The molecule has 0 radical (unpaired) electrons. The Balaban J connectivity index is 1.57. The second-order valence-corrected chi connectivity index (χ2v) is 6.28. The van der Waals surface area contributed by atoms with E-state index in [4.69, 9.17) is 11.6 Å². The number of piperazine rings is 1. The lowest BCUT2D eigenvalue weighted by molar-refractivity contribution is 0.133. The molecule has 1 aromatic carbocycles. The summed E-state index contributed by atoms with van der Waals surface area (Å²) in [5.41, 5.74) is 1.44. The third-order valence-electron chi connectivity index (χ3n) is 4.68. The first-order chi connectivity index (χ1) is 9.33. The summed E-state index contributed by atoms with van der Waals surface area (Å²) in [6.07, 6.45) is 5.32. The average Bonchev–Trinajstić information content (AvgIpc) is 2.48. The van der Waals surface area contributed by atoms with Gasteiger partial charge in [-0.05, 0) is 49.3 Å². The molecule has 1 heterocycles. The molecule has 2 fully saturated rings. The van der Waals surface area contributed by atoms with Crippen molar-refractivity contribution >= 4 is 11.6 Å². The van der Waals surface area contributed by atoms with Crippen LogP contribution in [-0.2, 0) is 0 Å². The van der Waals surface area contributed by atoms with Crippen molar-refractivity contribution in [1.82, 2.24) is 10.2 Å². The maximum Gasteiger partial charge on any atom is 0.0408 e. The Morgan fingerprint density at radius 1 is 1.05 bits per heavy atom. The van der Waals surface area contributed by atoms with Crippen LogP contribution in [-0.4, -0.2) is 37.1 Å². The molecule has 1 aliphatic heterocycles. The summed E-state index contributed by atoms with van der Waals surface area (Å²) >= 11 is 6.10. The van der Waals surface area contributed by atoms with Crippen LogP contribution >= 0.6 is 11.6 Å². The first-order valence-corrected chi connectivity index (χ1v) is 7.91. The molecule has 0 amide bonds. The second kappa shape index (κ2) is 6.25. The number of rotatable bonds is 2. The fraction of sp³-hybridized carbons (Fsp3) is 0.625. The summed E-state index contributed by atoms with van der Waals surface area (Å²) in [5, 5.41) is 4.31. The van der Waals surface area contributed by atoms with E-state index in [9.17, 15) is 0 Å². The Kier molecular flexibility index (Phi) is 4.42. The molecule has 19 heavy (non-hydrogen) atoms. The maximum atomic E-state index is 6.10. The Labute approximate surface area is 121 Å². The molecule has 0 aromatic heterocycles. The average molecular weight is 279 g/mol. The maximum absolute atomic E-state index is 6.10. The van der Waals surface area contributed by atoms with Crippen molar-refractivity contribution in [3.05, 3.63) is 34.9 Å². The monoisotopic (exact) mass is 278 g/mol. The first-order valence-electron chi connectivity index (χ1n) is 7.53. The molecule has 3 rings (SSSR count). The standard InChI is InChI=1S/C16H23ClN2/c17-15-3-1-2-14(12-15)13-4-6-16(7-5-13)19-10-8-18-9-11-19/h1-3,12-13,16,18H,4-11H2. The van der Waals surface area contributed by atoms with Crippen molar-refractivity contribution in [3.8, 4) is 0 Å². The van der Waals surface area contributed by atoms with Crippen LogP contribution in [0.2, 0.25) is 5.02 Å². The quantitative estimate of drug-likeness (QED) is 0.893. The van der Waals surface area contributed by atoms with Crippen LogP contribution in [0, 0.1) is 0 Å². The van der Waals surface area contributed by atoms with Gasteiger partial charge >= 0.3 is 0 Å². The van der Waals surface area contributed by atoms with E-state index in [1.807, 2.05) is 6.07 Å². The zero-order valence-corrected chi connectivity index (χ0v) is 12.2. The summed E-state index contributed by atoms with van der Waals surface area (Å²) in [7, 11) is 0. The molecule has 2 aliphatic rings. The second-order valence-electron chi connectivity index (χ2n) is 5.85. The summed E-state index contributed by atoms with van der Waals surface area (Å²) in [5.74, 6) is 0.720. The van der Waals surface area contributed by atoms with Crippen LogP contribution in [0.4, 0.5) is 0 Å². The van der Waals surface area contributed by atoms with E-state index < -0.39 is 0 Å². The molecular weight excluding hydrogens is 256 g/mol. The minimum atomic E-state index is 0.720. The Morgan fingerprint density at radius 2 is 1.79 bits per heavy atom. The van der Waals surface area contributed by atoms with E-state index in [1.54, 1.807) is 0 Å². The smallest absolute Gasteiger partial charge is 0.0408 e. The summed E-state index contributed by atoms with van der Waals surface area (Å²) < 4.78 is 0. The van der Waals surface area contributed by atoms with Gasteiger partial charge < -0.3 is 5.32 Å². The molecule has 1 saturated heterocycles. The fourth-order valence-electron chi connectivity index (χ4n) is 3.58. The molecule has 0 atom stereocenters. The van der Waals surface area contributed by atoms with Gasteiger partial charge in [0, 0.05) is 37.2 Å². The number of nitrogens with one attached hydrogen (secondary N) is 1. The molecule has 0 bridgehead atoms. The molecule has 3 heteroatoms. The van der Waals surface area contributed by atoms with E-state index in [1.165, 1.54) is 44.3 Å². The largest absolute Gasteiger partial charge is 0.314 e. The molecule has 1 aromatic rings. The van der Waals surface area contributed by atoms with Crippen molar-refractivity contribution in [2.45, 2.75) is 37.6 Å². The summed E-state index contributed by atoms with van der Waals surface area (Å²) in [6, 6.07) is 9.26. The fourth-order valence-corrected chi connectivity index (χ4v) is 3.78. The van der Waals surface area contributed by atoms with Gasteiger partial charge in [-0.3, -0.25) is 4.90 Å². The predicted molar refractivity (Wildman–Crippen MR) is 80.9 cm³/mol. The highest BCUT2D eigenvalue weighted by molar-refractivity contribution is 6.30. The van der Waals surface area contributed by atoms with Crippen molar-refractivity contribution in [2.75, 3.05) is 26.2 Å². The van der Waals surface area contributed by atoms with Crippen LogP contribution in [0.1, 0.15) is 37.2 Å². The molecule has 1 N–H and O–H groups in total. The lowest BCUT2D eigenvalue weighted by Gasteiger charge is -2.39. The molecular formula is C16H23ClN2.